The van der Waals surface area contributed by atoms with Crippen LogP contribution in [0.3, 0.4) is 0 Å². The summed E-state index contributed by atoms with van der Waals surface area (Å²) < 4.78 is 11.2. The Labute approximate surface area is 148 Å². The second-order valence-corrected chi connectivity index (χ2v) is 6.55. The lowest BCUT2D eigenvalue weighted by atomic mass is 10.2. The van der Waals surface area contributed by atoms with E-state index < -0.39 is 0 Å². The maximum Gasteiger partial charge on any atom is 0.158 e. The average molecular weight is 372 g/mol. The van der Waals surface area contributed by atoms with E-state index in [-0.39, 0.29) is 18.3 Å². The lowest BCUT2D eigenvalue weighted by Gasteiger charge is -2.08. The van der Waals surface area contributed by atoms with Gasteiger partial charge in [0, 0.05) is 10.9 Å². The molecule has 1 aromatic carbocycles. The summed E-state index contributed by atoms with van der Waals surface area (Å²) in [5.74, 6) is 1.92. The summed E-state index contributed by atoms with van der Waals surface area (Å²) in [4.78, 5) is 11.6. The number of ketones is 1. The van der Waals surface area contributed by atoms with E-state index in [1.54, 1.807) is 36.4 Å². The van der Waals surface area contributed by atoms with Crippen molar-refractivity contribution in [2.45, 2.75) is 19.4 Å². The van der Waals surface area contributed by atoms with E-state index in [0.717, 1.165) is 12.8 Å². The number of allylic oxidation sites excluding steroid dienone is 1. The highest BCUT2D eigenvalue weighted by Gasteiger charge is 2.27. The van der Waals surface area contributed by atoms with Crippen LogP contribution in [0, 0.1) is 5.92 Å². The van der Waals surface area contributed by atoms with Crippen LogP contribution < -0.4 is 4.74 Å². The van der Waals surface area contributed by atoms with Gasteiger partial charge in [0.15, 0.2) is 11.5 Å². The maximum atomic E-state index is 11.6. The number of halogens is 3. The van der Waals surface area contributed by atoms with Crippen LogP contribution in [0.5, 0.6) is 5.75 Å². The van der Waals surface area contributed by atoms with Crippen molar-refractivity contribution in [3.63, 3.8) is 0 Å². The summed E-state index contributed by atoms with van der Waals surface area (Å²) in [6.45, 7) is 0.172. The Hall–Kier alpha value is -1.42. The van der Waals surface area contributed by atoms with E-state index in [4.69, 9.17) is 44.0 Å². The maximum absolute atomic E-state index is 11.6. The summed E-state index contributed by atoms with van der Waals surface area (Å²) in [5, 5.41) is 1.12. The van der Waals surface area contributed by atoms with Gasteiger partial charge in [-0.3, -0.25) is 4.79 Å². The number of furan rings is 1. The topological polar surface area (TPSA) is 39.4 Å². The van der Waals surface area contributed by atoms with Gasteiger partial charge >= 0.3 is 0 Å². The van der Waals surface area contributed by atoms with E-state index in [2.05, 4.69) is 0 Å². The molecule has 1 heterocycles. The Balaban J connectivity index is 1.62. The quantitative estimate of drug-likeness (QED) is 0.601. The van der Waals surface area contributed by atoms with Crippen LogP contribution in [-0.2, 0) is 11.4 Å². The highest BCUT2D eigenvalue weighted by molar-refractivity contribution is 6.40. The van der Waals surface area contributed by atoms with E-state index in [1.807, 2.05) is 0 Å². The predicted molar refractivity (Wildman–Crippen MR) is 91.3 cm³/mol. The Bertz CT molecular complexity index is 737. The SMILES string of the molecule is O=C(/C=C/c1ccc(COc2c(Cl)cc(Cl)cc2Cl)o1)C1CC1. The molecular weight excluding hydrogens is 359 g/mol. The molecule has 2 aromatic rings. The number of hydrogen-bond acceptors (Lipinski definition) is 3. The standard InChI is InChI=1S/C17H13Cl3O3/c18-11-7-14(19)17(15(20)8-11)22-9-13-4-3-12(23-13)5-6-16(21)10-1-2-10/h3-8,10H,1-2,9H2/b6-5+. The van der Waals surface area contributed by atoms with Gasteiger partial charge in [0.25, 0.3) is 0 Å². The molecule has 0 unspecified atom stereocenters. The first-order valence-corrected chi connectivity index (χ1v) is 8.24. The van der Waals surface area contributed by atoms with Gasteiger partial charge in [-0.2, -0.15) is 0 Å². The predicted octanol–water partition coefficient (Wildman–Crippen LogP) is 5.81. The van der Waals surface area contributed by atoms with Gasteiger partial charge in [0.2, 0.25) is 0 Å². The molecule has 0 aliphatic heterocycles. The zero-order chi connectivity index (χ0) is 16.4. The van der Waals surface area contributed by atoms with Crippen molar-refractivity contribution in [2.75, 3.05) is 0 Å². The van der Waals surface area contributed by atoms with Crippen molar-refractivity contribution < 1.29 is 13.9 Å². The molecule has 0 saturated heterocycles. The van der Waals surface area contributed by atoms with Crippen LogP contribution in [0.1, 0.15) is 24.4 Å². The summed E-state index contributed by atoms with van der Waals surface area (Å²) in [5.41, 5.74) is 0. The van der Waals surface area contributed by atoms with Crippen molar-refractivity contribution in [3.8, 4) is 5.75 Å². The Kier molecular flexibility index (Phi) is 5.00. The van der Waals surface area contributed by atoms with Crippen molar-refractivity contribution in [2.24, 2.45) is 5.92 Å². The third-order valence-electron chi connectivity index (χ3n) is 3.40. The largest absolute Gasteiger partial charge is 0.483 e. The molecule has 0 bridgehead atoms. The molecule has 23 heavy (non-hydrogen) atoms. The van der Waals surface area contributed by atoms with Crippen molar-refractivity contribution in [3.05, 3.63) is 56.9 Å². The molecule has 1 aromatic heterocycles. The number of benzene rings is 1. The van der Waals surface area contributed by atoms with Crippen LogP contribution >= 0.6 is 34.8 Å². The van der Waals surface area contributed by atoms with Gasteiger partial charge in [-0.05, 0) is 49.3 Å². The minimum Gasteiger partial charge on any atom is -0.483 e. The fourth-order valence-corrected chi connectivity index (χ4v) is 2.97. The Morgan fingerprint density at radius 2 is 1.91 bits per heavy atom. The molecule has 3 nitrogen and oxygen atoms in total. The van der Waals surface area contributed by atoms with Crippen LogP contribution in [0.25, 0.3) is 6.08 Å². The molecule has 1 saturated carbocycles. The monoisotopic (exact) mass is 370 g/mol. The zero-order valence-electron chi connectivity index (χ0n) is 12.0. The molecule has 1 aliphatic carbocycles. The molecule has 0 atom stereocenters. The Morgan fingerprint density at radius 1 is 1.22 bits per heavy atom. The van der Waals surface area contributed by atoms with E-state index in [0.29, 0.717) is 32.3 Å². The van der Waals surface area contributed by atoms with E-state index >= 15 is 0 Å². The number of carbonyl (C=O) groups is 1. The summed E-state index contributed by atoms with van der Waals surface area (Å²) in [6, 6.07) is 6.67. The van der Waals surface area contributed by atoms with Crippen molar-refractivity contribution >= 4 is 46.7 Å². The molecule has 120 valence electrons. The summed E-state index contributed by atoms with van der Waals surface area (Å²) in [6.07, 6.45) is 5.21. The minimum atomic E-state index is 0.152. The third-order valence-corrected chi connectivity index (χ3v) is 4.18. The lowest BCUT2D eigenvalue weighted by Crippen LogP contribution is -1.95. The smallest absolute Gasteiger partial charge is 0.158 e. The molecule has 0 spiro atoms. The molecule has 0 radical (unpaired) electrons. The molecule has 0 amide bonds. The molecule has 0 N–H and O–H groups in total. The molecular formula is C17H13Cl3O3. The first-order chi connectivity index (χ1) is 11.0. The zero-order valence-corrected chi connectivity index (χ0v) is 14.3. The van der Waals surface area contributed by atoms with Crippen molar-refractivity contribution in [1.82, 2.24) is 0 Å². The van der Waals surface area contributed by atoms with E-state index in [9.17, 15) is 4.79 Å². The second-order valence-electron chi connectivity index (χ2n) is 5.30. The van der Waals surface area contributed by atoms with Crippen LogP contribution in [0.2, 0.25) is 15.1 Å². The number of ether oxygens (including phenoxy) is 1. The van der Waals surface area contributed by atoms with Gasteiger partial charge in [-0.15, -0.1) is 0 Å². The van der Waals surface area contributed by atoms with Gasteiger partial charge < -0.3 is 9.15 Å². The second kappa shape index (κ2) is 7.00. The molecule has 6 heteroatoms. The van der Waals surface area contributed by atoms with Gasteiger partial charge in [0.1, 0.15) is 18.1 Å². The highest BCUT2D eigenvalue weighted by atomic mass is 35.5. The van der Waals surface area contributed by atoms with Crippen LogP contribution in [0.4, 0.5) is 0 Å². The van der Waals surface area contributed by atoms with Gasteiger partial charge in [0.05, 0.1) is 10.0 Å². The third kappa shape index (κ3) is 4.31. The molecule has 3 rings (SSSR count). The summed E-state index contributed by atoms with van der Waals surface area (Å²) >= 11 is 18.0. The number of rotatable bonds is 6. The van der Waals surface area contributed by atoms with Crippen molar-refractivity contribution in [1.29, 1.82) is 0 Å². The first-order valence-electron chi connectivity index (χ1n) is 7.11. The fraction of sp³-hybridized carbons (Fsp3) is 0.235. The molecule has 1 fully saturated rings. The van der Waals surface area contributed by atoms with Gasteiger partial charge in [-0.1, -0.05) is 34.8 Å². The lowest BCUT2D eigenvalue weighted by molar-refractivity contribution is -0.115. The average Bonchev–Trinajstić information content (AvgIpc) is 3.24. The van der Waals surface area contributed by atoms with Crippen LogP contribution in [-0.4, -0.2) is 5.78 Å². The molecule has 1 aliphatic rings. The highest BCUT2D eigenvalue weighted by Crippen LogP contribution is 2.36. The van der Waals surface area contributed by atoms with E-state index in [1.165, 1.54) is 0 Å². The van der Waals surface area contributed by atoms with Gasteiger partial charge in [-0.25, -0.2) is 0 Å². The fourth-order valence-electron chi connectivity index (χ4n) is 2.04. The Morgan fingerprint density at radius 3 is 2.57 bits per heavy atom. The van der Waals surface area contributed by atoms with Crippen LogP contribution in [0.15, 0.2) is 34.8 Å². The number of carbonyl (C=O) groups excluding carboxylic acids is 1. The normalized spacial score (nSPS) is 14.4. The summed E-state index contributed by atoms with van der Waals surface area (Å²) in [7, 11) is 0. The number of hydrogen-bond donors (Lipinski definition) is 0. The minimum absolute atomic E-state index is 0.152. The first kappa shape index (κ1) is 16.4.